The first-order valence-electron chi connectivity index (χ1n) is 5.74. The Kier molecular flexibility index (Phi) is 3.78. The van der Waals surface area contributed by atoms with Crippen molar-refractivity contribution in [3.8, 4) is 0 Å². The van der Waals surface area contributed by atoms with E-state index in [0.717, 1.165) is 5.92 Å². The summed E-state index contributed by atoms with van der Waals surface area (Å²) in [6.07, 6.45) is 8.53. The Bertz CT molecular complexity index is 143. The van der Waals surface area contributed by atoms with Gasteiger partial charge in [0.05, 0.1) is 0 Å². The molecule has 78 valence electrons. The molecule has 0 atom stereocenters. The molecule has 13 heavy (non-hydrogen) atoms. The fourth-order valence-corrected chi connectivity index (χ4v) is 2.80. The van der Waals surface area contributed by atoms with Crippen molar-refractivity contribution in [2.75, 3.05) is 14.1 Å². The molecule has 0 saturated heterocycles. The van der Waals surface area contributed by atoms with Gasteiger partial charge in [-0.2, -0.15) is 0 Å². The predicted octanol–water partition coefficient (Wildman–Crippen LogP) is 3.30. The Morgan fingerprint density at radius 1 is 1.08 bits per heavy atom. The van der Waals surface area contributed by atoms with Crippen LogP contribution in [0.25, 0.3) is 0 Å². The van der Waals surface area contributed by atoms with Gasteiger partial charge in [0, 0.05) is 5.54 Å². The first-order chi connectivity index (χ1) is 6.07. The summed E-state index contributed by atoms with van der Waals surface area (Å²) in [4.78, 5) is 2.48. The lowest BCUT2D eigenvalue weighted by Crippen LogP contribution is -2.46. The van der Waals surface area contributed by atoms with E-state index in [0.29, 0.717) is 5.54 Å². The van der Waals surface area contributed by atoms with E-state index in [1.807, 2.05) is 0 Å². The van der Waals surface area contributed by atoms with Gasteiger partial charge in [0.15, 0.2) is 0 Å². The van der Waals surface area contributed by atoms with Gasteiger partial charge in [0.1, 0.15) is 0 Å². The zero-order chi connectivity index (χ0) is 9.90. The Morgan fingerprint density at radius 3 is 2.00 bits per heavy atom. The van der Waals surface area contributed by atoms with E-state index in [4.69, 9.17) is 0 Å². The summed E-state index contributed by atoms with van der Waals surface area (Å²) in [5.41, 5.74) is 0.534. The lowest BCUT2D eigenvalue weighted by atomic mass is 9.75. The third-order valence-electron chi connectivity index (χ3n) is 3.52. The van der Waals surface area contributed by atoms with E-state index in [1.54, 1.807) is 0 Å². The van der Waals surface area contributed by atoms with Gasteiger partial charge in [0.2, 0.25) is 0 Å². The van der Waals surface area contributed by atoms with Crippen LogP contribution >= 0.6 is 0 Å². The molecule has 0 aliphatic heterocycles. The van der Waals surface area contributed by atoms with Crippen molar-refractivity contribution in [2.45, 2.75) is 57.9 Å². The molecular weight excluding hydrogens is 158 g/mol. The predicted molar refractivity (Wildman–Crippen MR) is 59.0 cm³/mol. The van der Waals surface area contributed by atoms with E-state index >= 15 is 0 Å². The van der Waals surface area contributed by atoms with Gasteiger partial charge in [-0.25, -0.2) is 0 Å². The van der Waals surface area contributed by atoms with Gasteiger partial charge in [-0.05, 0) is 39.3 Å². The van der Waals surface area contributed by atoms with Gasteiger partial charge in [-0.15, -0.1) is 0 Å². The summed E-state index contributed by atoms with van der Waals surface area (Å²) < 4.78 is 0. The highest BCUT2D eigenvalue weighted by molar-refractivity contribution is 4.91. The maximum absolute atomic E-state index is 2.48. The second kappa shape index (κ2) is 4.45. The summed E-state index contributed by atoms with van der Waals surface area (Å²) in [6, 6.07) is 0. The second-order valence-electron chi connectivity index (χ2n) is 5.28. The smallest absolute Gasteiger partial charge is 0.0206 e. The molecule has 0 N–H and O–H groups in total. The van der Waals surface area contributed by atoms with Gasteiger partial charge < -0.3 is 4.90 Å². The maximum atomic E-state index is 2.48. The van der Waals surface area contributed by atoms with Crippen LogP contribution in [-0.4, -0.2) is 24.5 Å². The fraction of sp³-hybridized carbons (Fsp3) is 1.00. The highest BCUT2D eigenvalue weighted by Crippen LogP contribution is 2.36. The van der Waals surface area contributed by atoms with Crippen LogP contribution in [0.4, 0.5) is 0 Å². The lowest BCUT2D eigenvalue weighted by molar-refractivity contribution is 0.0768. The molecule has 0 spiro atoms. The SMILES string of the molecule is CC(C)CC1(N(C)C)CCCCC1. The minimum atomic E-state index is 0.534. The number of rotatable bonds is 3. The molecule has 1 saturated carbocycles. The maximum Gasteiger partial charge on any atom is 0.0206 e. The van der Waals surface area contributed by atoms with Crippen LogP contribution in [-0.2, 0) is 0 Å². The molecule has 1 fully saturated rings. The zero-order valence-electron chi connectivity index (χ0n) is 9.77. The van der Waals surface area contributed by atoms with Crippen molar-refractivity contribution in [1.29, 1.82) is 0 Å². The summed E-state index contributed by atoms with van der Waals surface area (Å²) in [7, 11) is 4.52. The molecule has 0 radical (unpaired) electrons. The molecule has 1 aliphatic rings. The zero-order valence-corrected chi connectivity index (χ0v) is 9.77. The molecule has 0 amide bonds. The molecular formula is C12H25N. The Morgan fingerprint density at radius 2 is 1.62 bits per heavy atom. The van der Waals surface area contributed by atoms with E-state index in [9.17, 15) is 0 Å². The molecule has 0 heterocycles. The monoisotopic (exact) mass is 183 g/mol. The molecule has 1 heteroatoms. The van der Waals surface area contributed by atoms with Gasteiger partial charge in [-0.1, -0.05) is 33.1 Å². The summed E-state index contributed by atoms with van der Waals surface area (Å²) in [6.45, 7) is 4.69. The molecule has 0 unspecified atom stereocenters. The van der Waals surface area contributed by atoms with E-state index in [2.05, 4.69) is 32.8 Å². The molecule has 0 aromatic rings. The largest absolute Gasteiger partial charge is 0.304 e. The third kappa shape index (κ3) is 2.70. The standard InChI is InChI=1S/C12H25N/c1-11(2)10-12(13(3)4)8-6-5-7-9-12/h11H,5-10H2,1-4H3. The third-order valence-corrected chi connectivity index (χ3v) is 3.52. The van der Waals surface area contributed by atoms with Crippen LogP contribution in [0.3, 0.4) is 0 Å². The number of nitrogens with zero attached hydrogens (tertiary/aromatic N) is 1. The minimum absolute atomic E-state index is 0.534. The quantitative estimate of drug-likeness (QED) is 0.649. The van der Waals surface area contributed by atoms with Gasteiger partial charge in [0.25, 0.3) is 0 Å². The highest BCUT2D eigenvalue weighted by atomic mass is 15.1. The van der Waals surface area contributed by atoms with Crippen molar-refractivity contribution < 1.29 is 0 Å². The Labute approximate surface area is 83.5 Å². The van der Waals surface area contributed by atoms with E-state index < -0.39 is 0 Å². The van der Waals surface area contributed by atoms with Crippen molar-refractivity contribution in [3.05, 3.63) is 0 Å². The van der Waals surface area contributed by atoms with Crippen molar-refractivity contribution >= 4 is 0 Å². The van der Waals surface area contributed by atoms with Crippen LogP contribution in [0.15, 0.2) is 0 Å². The molecule has 0 aromatic heterocycles. The lowest BCUT2D eigenvalue weighted by Gasteiger charge is -2.44. The van der Waals surface area contributed by atoms with Crippen LogP contribution in [0, 0.1) is 5.92 Å². The normalized spacial score (nSPS) is 22.6. The average molecular weight is 183 g/mol. The van der Waals surface area contributed by atoms with Gasteiger partial charge in [-0.3, -0.25) is 0 Å². The van der Waals surface area contributed by atoms with E-state index in [-0.39, 0.29) is 0 Å². The summed E-state index contributed by atoms with van der Waals surface area (Å²) >= 11 is 0. The van der Waals surface area contributed by atoms with Crippen LogP contribution in [0.2, 0.25) is 0 Å². The molecule has 1 aliphatic carbocycles. The minimum Gasteiger partial charge on any atom is -0.304 e. The van der Waals surface area contributed by atoms with E-state index in [1.165, 1.54) is 38.5 Å². The number of hydrogen-bond donors (Lipinski definition) is 0. The van der Waals surface area contributed by atoms with Gasteiger partial charge >= 0.3 is 0 Å². The van der Waals surface area contributed by atoms with Crippen molar-refractivity contribution in [3.63, 3.8) is 0 Å². The van der Waals surface area contributed by atoms with Crippen molar-refractivity contribution in [1.82, 2.24) is 4.90 Å². The fourth-order valence-electron chi connectivity index (χ4n) is 2.80. The summed E-state index contributed by atoms with van der Waals surface area (Å²) in [5, 5.41) is 0. The molecule has 1 rings (SSSR count). The Hall–Kier alpha value is -0.0400. The topological polar surface area (TPSA) is 3.24 Å². The molecule has 0 bridgehead atoms. The second-order valence-corrected chi connectivity index (χ2v) is 5.28. The first-order valence-corrected chi connectivity index (χ1v) is 5.74. The average Bonchev–Trinajstić information content (AvgIpc) is 2.04. The van der Waals surface area contributed by atoms with Crippen molar-refractivity contribution in [2.24, 2.45) is 5.92 Å². The number of hydrogen-bond acceptors (Lipinski definition) is 1. The molecule has 0 aromatic carbocycles. The summed E-state index contributed by atoms with van der Waals surface area (Å²) in [5.74, 6) is 0.834. The molecule has 1 nitrogen and oxygen atoms in total. The van der Waals surface area contributed by atoms with Crippen LogP contribution in [0.1, 0.15) is 52.4 Å². The highest BCUT2D eigenvalue weighted by Gasteiger charge is 2.34. The van der Waals surface area contributed by atoms with Crippen LogP contribution < -0.4 is 0 Å². The van der Waals surface area contributed by atoms with Crippen LogP contribution in [0.5, 0.6) is 0 Å². The Balaban J connectivity index is 2.61. The first kappa shape index (κ1) is 11.0.